The molecule has 0 amide bonds. The third kappa shape index (κ3) is 5.56. The molecule has 2 aliphatic heterocycles. The fourth-order valence-electron chi connectivity index (χ4n) is 4.23. The highest BCUT2D eigenvalue weighted by Crippen LogP contribution is 2.35. The Morgan fingerprint density at radius 1 is 0.875 bits per heavy atom. The Bertz CT molecular complexity index is 889. The van der Waals surface area contributed by atoms with E-state index < -0.39 is 0 Å². The second-order valence-electron chi connectivity index (χ2n) is 11.2. The minimum atomic E-state index is 0.0844. The molecule has 1 saturated heterocycles. The predicted octanol–water partition coefficient (Wildman–Crippen LogP) is 4.59. The molecule has 4 rings (SSSR count). The van der Waals surface area contributed by atoms with Gasteiger partial charge < -0.3 is 4.74 Å². The molecule has 0 bridgehead atoms. The molecule has 7 heteroatoms. The van der Waals surface area contributed by atoms with Gasteiger partial charge >= 0.3 is 0 Å². The summed E-state index contributed by atoms with van der Waals surface area (Å²) in [7, 11) is 0. The van der Waals surface area contributed by atoms with Crippen LogP contribution in [0.25, 0.3) is 11.4 Å². The van der Waals surface area contributed by atoms with Crippen molar-refractivity contribution in [1.82, 2.24) is 24.6 Å². The highest BCUT2D eigenvalue weighted by molar-refractivity contribution is 7.99. The standard InChI is InChI=1S/C25H39N5OS/c1-24(2,3)20-14-19(15-21(16-20)25(4,5)6)22-26-27-23-30(22)17-29(18-32-23)9-7-8-28-10-12-31-13-11-28/h14-16H,7-13,17-18H2,1-6H3. The van der Waals surface area contributed by atoms with Gasteiger partial charge in [0.05, 0.1) is 25.8 Å². The quantitative estimate of drug-likeness (QED) is 0.655. The number of hydrogen-bond acceptors (Lipinski definition) is 6. The van der Waals surface area contributed by atoms with Crippen LogP contribution < -0.4 is 0 Å². The molecule has 32 heavy (non-hydrogen) atoms. The van der Waals surface area contributed by atoms with Crippen molar-refractivity contribution >= 4 is 11.8 Å². The van der Waals surface area contributed by atoms with E-state index in [0.717, 1.165) is 62.9 Å². The van der Waals surface area contributed by atoms with Gasteiger partial charge in [-0.05, 0) is 47.1 Å². The molecule has 176 valence electrons. The van der Waals surface area contributed by atoms with Gasteiger partial charge in [0.25, 0.3) is 0 Å². The Hall–Kier alpha value is -1.41. The number of hydrogen-bond donors (Lipinski definition) is 0. The number of nitrogens with zero attached hydrogens (tertiary/aromatic N) is 5. The van der Waals surface area contributed by atoms with Crippen LogP contribution in [0.15, 0.2) is 23.4 Å². The second-order valence-corrected chi connectivity index (χ2v) is 12.1. The SMILES string of the molecule is CC(C)(C)c1cc(-c2nnc3n2CN(CCCN2CCOCC2)CS3)cc(C(C)(C)C)c1. The average Bonchev–Trinajstić information content (AvgIpc) is 3.16. The highest BCUT2D eigenvalue weighted by Gasteiger charge is 2.26. The molecular formula is C25H39N5OS. The van der Waals surface area contributed by atoms with Crippen molar-refractivity contribution in [3.05, 3.63) is 29.3 Å². The minimum Gasteiger partial charge on any atom is -0.379 e. The fraction of sp³-hybridized carbons (Fsp3) is 0.680. The Kier molecular flexibility index (Phi) is 7.01. The Morgan fingerprint density at radius 2 is 1.50 bits per heavy atom. The molecule has 0 N–H and O–H groups in total. The first kappa shape index (κ1) is 23.7. The lowest BCUT2D eigenvalue weighted by Crippen LogP contribution is -2.38. The lowest BCUT2D eigenvalue weighted by molar-refractivity contribution is 0.0359. The molecular weight excluding hydrogens is 418 g/mol. The number of ether oxygens (including phenoxy) is 1. The number of rotatable bonds is 5. The number of fused-ring (bicyclic) bond motifs is 1. The average molecular weight is 458 g/mol. The van der Waals surface area contributed by atoms with Gasteiger partial charge in [0.2, 0.25) is 0 Å². The van der Waals surface area contributed by atoms with Gasteiger partial charge in [-0.3, -0.25) is 14.4 Å². The summed E-state index contributed by atoms with van der Waals surface area (Å²) >= 11 is 1.80. The molecule has 0 atom stereocenters. The van der Waals surface area contributed by atoms with Crippen LogP contribution in [-0.4, -0.2) is 69.8 Å². The first-order valence-electron chi connectivity index (χ1n) is 11.9. The number of morpholine rings is 1. The lowest BCUT2D eigenvalue weighted by atomic mass is 9.79. The molecule has 0 unspecified atom stereocenters. The smallest absolute Gasteiger partial charge is 0.193 e. The summed E-state index contributed by atoms with van der Waals surface area (Å²) in [5.41, 5.74) is 4.05. The van der Waals surface area contributed by atoms with Gasteiger partial charge in [-0.15, -0.1) is 10.2 Å². The molecule has 2 aliphatic rings. The molecule has 0 aliphatic carbocycles. The molecule has 1 fully saturated rings. The van der Waals surface area contributed by atoms with E-state index in [0.29, 0.717) is 0 Å². The maximum atomic E-state index is 5.47. The van der Waals surface area contributed by atoms with Crippen molar-refractivity contribution in [2.24, 2.45) is 0 Å². The lowest BCUT2D eigenvalue weighted by Gasteiger charge is -2.30. The summed E-state index contributed by atoms with van der Waals surface area (Å²) in [5, 5.41) is 10.2. The maximum Gasteiger partial charge on any atom is 0.193 e. The van der Waals surface area contributed by atoms with Gasteiger partial charge in [0, 0.05) is 25.2 Å². The van der Waals surface area contributed by atoms with Crippen molar-refractivity contribution in [3.63, 3.8) is 0 Å². The van der Waals surface area contributed by atoms with Crippen LogP contribution in [-0.2, 0) is 22.2 Å². The topological polar surface area (TPSA) is 46.4 Å². The highest BCUT2D eigenvalue weighted by atomic mass is 32.2. The van der Waals surface area contributed by atoms with E-state index in [2.05, 4.69) is 84.3 Å². The summed E-state index contributed by atoms with van der Waals surface area (Å²) in [5.74, 6) is 1.97. The van der Waals surface area contributed by atoms with E-state index in [9.17, 15) is 0 Å². The summed E-state index contributed by atoms with van der Waals surface area (Å²) in [6.07, 6.45) is 1.18. The van der Waals surface area contributed by atoms with Gasteiger partial charge in [-0.1, -0.05) is 59.4 Å². The molecule has 6 nitrogen and oxygen atoms in total. The van der Waals surface area contributed by atoms with Crippen molar-refractivity contribution in [2.75, 3.05) is 45.3 Å². The molecule has 2 aromatic rings. The summed E-state index contributed by atoms with van der Waals surface area (Å²) in [4.78, 5) is 5.03. The van der Waals surface area contributed by atoms with Gasteiger partial charge in [-0.2, -0.15) is 0 Å². The van der Waals surface area contributed by atoms with Crippen LogP contribution in [0.3, 0.4) is 0 Å². The Morgan fingerprint density at radius 3 is 2.12 bits per heavy atom. The van der Waals surface area contributed by atoms with E-state index in [-0.39, 0.29) is 10.8 Å². The molecule has 0 spiro atoms. The van der Waals surface area contributed by atoms with Crippen LogP contribution >= 0.6 is 11.8 Å². The van der Waals surface area contributed by atoms with Crippen LogP contribution in [0.5, 0.6) is 0 Å². The van der Waals surface area contributed by atoms with Crippen molar-refractivity contribution < 1.29 is 4.74 Å². The van der Waals surface area contributed by atoms with Gasteiger partial charge in [-0.25, -0.2) is 0 Å². The largest absolute Gasteiger partial charge is 0.379 e. The number of thioether (sulfide) groups is 1. The predicted molar refractivity (Wildman–Crippen MR) is 132 cm³/mol. The second kappa shape index (κ2) is 9.45. The van der Waals surface area contributed by atoms with Crippen LogP contribution in [0, 0.1) is 0 Å². The first-order valence-corrected chi connectivity index (χ1v) is 12.8. The monoisotopic (exact) mass is 457 g/mol. The van der Waals surface area contributed by atoms with Gasteiger partial charge in [0.15, 0.2) is 11.0 Å². The van der Waals surface area contributed by atoms with Crippen molar-refractivity contribution in [3.8, 4) is 11.4 Å². The minimum absolute atomic E-state index is 0.0844. The van der Waals surface area contributed by atoms with E-state index in [1.165, 1.54) is 23.1 Å². The molecule has 0 saturated carbocycles. The molecule has 3 heterocycles. The molecule has 0 radical (unpaired) electrons. The normalized spacial score (nSPS) is 18.7. The fourth-order valence-corrected chi connectivity index (χ4v) is 5.13. The van der Waals surface area contributed by atoms with Crippen molar-refractivity contribution in [1.29, 1.82) is 0 Å². The van der Waals surface area contributed by atoms with E-state index in [1.807, 2.05) is 0 Å². The third-order valence-corrected chi connectivity index (χ3v) is 7.46. The van der Waals surface area contributed by atoms with Crippen molar-refractivity contribution in [2.45, 2.75) is 70.6 Å². The number of aromatic nitrogens is 3. The van der Waals surface area contributed by atoms with Crippen LogP contribution in [0.4, 0.5) is 0 Å². The number of benzene rings is 1. The van der Waals surface area contributed by atoms with E-state index in [4.69, 9.17) is 4.74 Å². The zero-order valence-corrected chi connectivity index (χ0v) is 21.5. The Labute approximate surface area is 197 Å². The zero-order valence-electron chi connectivity index (χ0n) is 20.6. The van der Waals surface area contributed by atoms with Crippen LogP contribution in [0.1, 0.15) is 59.1 Å². The summed E-state index contributed by atoms with van der Waals surface area (Å²) in [6, 6.07) is 6.99. The Balaban J connectivity index is 1.53. The summed E-state index contributed by atoms with van der Waals surface area (Å²) in [6.45, 7) is 20.7. The zero-order chi connectivity index (χ0) is 22.9. The first-order chi connectivity index (χ1) is 15.1. The summed E-state index contributed by atoms with van der Waals surface area (Å²) < 4.78 is 7.77. The molecule has 1 aromatic carbocycles. The van der Waals surface area contributed by atoms with Gasteiger partial charge in [0.1, 0.15) is 0 Å². The van der Waals surface area contributed by atoms with E-state index >= 15 is 0 Å². The maximum absolute atomic E-state index is 5.47. The third-order valence-electron chi connectivity index (χ3n) is 6.41. The van der Waals surface area contributed by atoms with Crippen LogP contribution in [0.2, 0.25) is 0 Å². The van der Waals surface area contributed by atoms with E-state index in [1.54, 1.807) is 11.8 Å². The molecule has 1 aromatic heterocycles.